The maximum Gasteiger partial charge on any atom is 0.138 e. The van der Waals surface area contributed by atoms with Gasteiger partial charge in [-0.05, 0) is 66.6 Å². The van der Waals surface area contributed by atoms with Crippen molar-refractivity contribution < 1.29 is 4.79 Å². The molecule has 3 rings (SSSR count). The molecule has 0 spiro atoms. The van der Waals surface area contributed by atoms with Crippen molar-refractivity contribution in [1.29, 1.82) is 0 Å². The molecule has 0 heterocycles. The summed E-state index contributed by atoms with van der Waals surface area (Å²) in [7, 11) is 0. The molecule has 21 heavy (non-hydrogen) atoms. The van der Waals surface area contributed by atoms with Gasteiger partial charge >= 0.3 is 0 Å². The van der Waals surface area contributed by atoms with E-state index in [1.54, 1.807) is 0 Å². The Hall–Kier alpha value is -1.89. The highest BCUT2D eigenvalue weighted by Gasteiger charge is 2.27. The molecular formula is C20H22O. The van der Waals surface area contributed by atoms with Crippen LogP contribution in [0.1, 0.15) is 51.3 Å². The number of carbonyl (C=O) groups excluding carboxylic acids is 1. The predicted molar refractivity (Wildman–Crippen MR) is 87.0 cm³/mol. The number of hydrogen-bond acceptors (Lipinski definition) is 1. The smallest absolute Gasteiger partial charge is 0.138 e. The first-order valence-corrected chi connectivity index (χ1v) is 7.64. The average Bonchev–Trinajstić information content (AvgIpc) is 2.43. The van der Waals surface area contributed by atoms with Crippen LogP contribution in [0.2, 0.25) is 0 Å². The second-order valence-electron chi connectivity index (χ2n) is 6.45. The molecule has 2 aromatic rings. The van der Waals surface area contributed by atoms with E-state index in [2.05, 4.69) is 58.0 Å². The van der Waals surface area contributed by atoms with Gasteiger partial charge in [-0.2, -0.15) is 0 Å². The van der Waals surface area contributed by atoms with Gasteiger partial charge in [-0.15, -0.1) is 0 Å². The van der Waals surface area contributed by atoms with Gasteiger partial charge in [0.25, 0.3) is 0 Å². The number of ketones is 1. The van der Waals surface area contributed by atoms with Crippen LogP contribution in [0.15, 0.2) is 30.3 Å². The third kappa shape index (κ3) is 2.53. The monoisotopic (exact) mass is 278 g/mol. The highest BCUT2D eigenvalue weighted by molar-refractivity contribution is 5.85. The van der Waals surface area contributed by atoms with Crippen molar-refractivity contribution in [2.24, 2.45) is 0 Å². The van der Waals surface area contributed by atoms with Gasteiger partial charge in [-0.25, -0.2) is 0 Å². The Morgan fingerprint density at radius 3 is 2.24 bits per heavy atom. The molecule has 0 radical (unpaired) electrons. The summed E-state index contributed by atoms with van der Waals surface area (Å²) in [5.74, 6) is 0.578. The fraction of sp³-hybridized carbons (Fsp3) is 0.350. The van der Waals surface area contributed by atoms with Gasteiger partial charge < -0.3 is 0 Å². The maximum absolute atomic E-state index is 12.2. The highest BCUT2D eigenvalue weighted by Crippen LogP contribution is 2.37. The zero-order chi connectivity index (χ0) is 15.1. The largest absolute Gasteiger partial charge is 0.299 e. The van der Waals surface area contributed by atoms with Gasteiger partial charge in [0.05, 0.1) is 0 Å². The van der Waals surface area contributed by atoms with Crippen LogP contribution < -0.4 is 0 Å². The number of hydrogen-bond donors (Lipinski definition) is 0. The summed E-state index contributed by atoms with van der Waals surface area (Å²) in [5, 5.41) is 0. The van der Waals surface area contributed by atoms with E-state index in [0.29, 0.717) is 18.6 Å². The molecule has 1 atom stereocenters. The summed E-state index contributed by atoms with van der Waals surface area (Å²) in [4.78, 5) is 12.2. The SMILES string of the molecule is Cc1ccc(C2CC(=O)Cc3cc(C)c(C)cc32)cc1C. The maximum atomic E-state index is 12.2. The summed E-state index contributed by atoms with van der Waals surface area (Å²) in [6.45, 7) is 8.56. The van der Waals surface area contributed by atoms with Gasteiger partial charge in [0, 0.05) is 18.8 Å². The van der Waals surface area contributed by atoms with Crippen molar-refractivity contribution >= 4 is 5.78 Å². The Labute approximate surface area is 127 Å². The van der Waals surface area contributed by atoms with Crippen molar-refractivity contribution in [1.82, 2.24) is 0 Å². The number of aryl methyl sites for hydroxylation is 4. The topological polar surface area (TPSA) is 17.1 Å². The van der Waals surface area contributed by atoms with Gasteiger partial charge in [0.1, 0.15) is 5.78 Å². The van der Waals surface area contributed by atoms with E-state index in [9.17, 15) is 4.79 Å². The van der Waals surface area contributed by atoms with Crippen molar-refractivity contribution in [3.05, 3.63) is 69.3 Å². The van der Waals surface area contributed by atoms with Gasteiger partial charge in [-0.1, -0.05) is 30.3 Å². The number of benzene rings is 2. The normalized spacial score (nSPS) is 17.7. The van der Waals surface area contributed by atoms with E-state index in [1.807, 2.05) is 0 Å². The molecule has 1 aliphatic carbocycles. The second-order valence-corrected chi connectivity index (χ2v) is 6.45. The molecule has 1 heteroatoms. The fourth-order valence-corrected chi connectivity index (χ4v) is 3.28. The van der Waals surface area contributed by atoms with Gasteiger partial charge in [0.2, 0.25) is 0 Å². The third-order valence-corrected chi connectivity index (χ3v) is 4.88. The first kappa shape index (κ1) is 14.1. The number of carbonyl (C=O) groups is 1. The molecule has 0 fully saturated rings. The molecule has 1 aliphatic rings. The predicted octanol–water partition coefficient (Wildman–Crippen LogP) is 4.57. The van der Waals surface area contributed by atoms with E-state index in [1.165, 1.54) is 38.9 Å². The molecule has 108 valence electrons. The first-order chi connectivity index (χ1) is 9.95. The zero-order valence-electron chi connectivity index (χ0n) is 13.3. The van der Waals surface area contributed by atoms with E-state index in [0.717, 1.165) is 0 Å². The van der Waals surface area contributed by atoms with Crippen LogP contribution in [0.5, 0.6) is 0 Å². The second kappa shape index (κ2) is 5.14. The molecular weight excluding hydrogens is 256 g/mol. The minimum atomic E-state index is 0.222. The summed E-state index contributed by atoms with van der Waals surface area (Å²) < 4.78 is 0. The molecule has 2 aromatic carbocycles. The first-order valence-electron chi connectivity index (χ1n) is 7.64. The lowest BCUT2D eigenvalue weighted by Gasteiger charge is -2.27. The average molecular weight is 278 g/mol. The van der Waals surface area contributed by atoms with Crippen LogP contribution in [0.3, 0.4) is 0 Å². The standard InChI is InChI=1S/C20H22O/c1-12-5-6-16(7-13(12)2)20-11-18(21)10-17-8-14(3)15(4)9-19(17)20/h5-9,20H,10-11H2,1-4H3. The molecule has 1 nitrogen and oxygen atoms in total. The molecule has 0 saturated carbocycles. The van der Waals surface area contributed by atoms with Crippen LogP contribution in [-0.4, -0.2) is 5.78 Å². The quantitative estimate of drug-likeness (QED) is 0.747. The van der Waals surface area contributed by atoms with Crippen LogP contribution in [0.25, 0.3) is 0 Å². The Morgan fingerprint density at radius 2 is 1.52 bits per heavy atom. The Morgan fingerprint density at radius 1 is 0.857 bits per heavy atom. The minimum Gasteiger partial charge on any atom is -0.299 e. The van der Waals surface area contributed by atoms with Crippen molar-refractivity contribution in [2.75, 3.05) is 0 Å². The van der Waals surface area contributed by atoms with Crippen LogP contribution in [-0.2, 0) is 11.2 Å². The number of rotatable bonds is 1. The van der Waals surface area contributed by atoms with E-state index in [4.69, 9.17) is 0 Å². The van der Waals surface area contributed by atoms with E-state index >= 15 is 0 Å². The van der Waals surface area contributed by atoms with Crippen LogP contribution in [0, 0.1) is 27.7 Å². The lowest BCUT2D eigenvalue weighted by Crippen LogP contribution is -2.20. The highest BCUT2D eigenvalue weighted by atomic mass is 16.1. The zero-order valence-corrected chi connectivity index (χ0v) is 13.3. The number of fused-ring (bicyclic) bond motifs is 1. The molecule has 0 saturated heterocycles. The summed E-state index contributed by atoms with van der Waals surface area (Å²) in [5.41, 5.74) is 9.05. The summed E-state index contributed by atoms with van der Waals surface area (Å²) in [6.07, 6.45) is 1.23. The van der Waals surface area contributed by atoms with Crippen molar-refractivity contribution in [2.45, 2.75) is 46.5 Å². The van der Waals surface area contributed by atoms with Crippen LogP contribution >= 0.6 is 0 Å². The molecule has 0 bridgehead atoms. The van der Waals surface area contributed by atoms with Crippen molar-refractivity contribution in [3.63, 3.8) is 0 Å². The molecule has 1 unspecified atom stereocenters. The molecule has 0 amide bonds. The molecule has 0 N–H and O–H groups in total. The molecule has 0 aliphatic heterocycles. The summed E-state index contributed by atoms with van der Waals surface area (Å²) in [6, 6.07) is 11.1. The fourth-order valence-electron chi connectivity index (χ4n) is 3.28. The summed E-state index contributed by atoms with van der Waals surface area (Å²) >= 11 is 0. The van der Waals surface area contributed by atoms with Gasteiger partial charge in [0.15, 0.2) is 0 Å². The lowest BCUT2D eigenvalue weighted by molar-refractivity contribution is -0.119. The van der Waals surface area contributed by atoms with E-state index in [-0.39, 0.29) is 5.92 Å². The number of Topliss-reactive ketones (excluding diaryl/α,β-unsaturated/α-hetero) is 1. The Kier molecular flexibility index (Phi) is 3.44. The molecule has 0 aromatic heterocycles. The van der Waals surface area contributed by atoms with Crippen LogP contribution in [0.4, 0.5) is 0 Å². The minimum absolute atomic E-state index is 0.222. The van der Waals surface area contributed by atoms with Crippen molar-refractivity contribution in [3.8, 4) is 0 Å². The Balaban J connectivity index is 2.14. The Bertz CT molecular complexity index is 725. The third-order valence-electron chi connectivity index (χ3n) is 4.88. The van der Waals surface area contributed by atoms with E-state index < -0.39 is 0 Å². The lowest BCUT2D eigenvalue weighted by atomic mass is 9.76. The van der Waals surface area contributed by atoms with Gasteiger partial charge in [-0.3, -0.25) is 4.79 Å².